The maximum atomic E-state index is 12.4. The Bertz CT molecular complexity index is 557. The SMILES string of the molecule is O=C(O)c1cccc(C(=O)N2CC3CCC(O)C3C2)c1. The Balaban J connectivity index is 1.77. The highest BCUT2D eigenvalue weighted by Gasteiger charge is 2.43. The van der Waals surface area contributed by atoms with Crippen molar-refractivity contribution in [3.63, 3.8) is 0 Å². The van der Waals surface area contributed by atoms with E-state index in [0.717, 1.165) is 12.8 Å². The van der Waals surface area contributed by atoms with E-state index in [1.165, 1.54) is 12.1 Å². The Morgan fingerprint density at radius 1 is 1.15 bits per heavy atom. The molecule has 1 saturated heterocycles. The lowest BCUT2D eigenvalue weighted by molar-refractivity contribution is 0.0697. The third-order valence-corrected chi connectivity index (χ3v) is 4.46. The zero-order valence-electron chi connectivity index (χ0n) is 11.0. The summed E-state index contributed by atoms with van der Waals surface area (Å²) in [5.41, 5.74) is 0.523. The summed E-state index contributed by atoms with van der Waals surface area (Å²) < 4.78 is 0. The van der Waals surface area contributed by atoms with Crippen LogP contribution in [-0.4, -0.2) is 46.2 Å². The maximum absolute atomic E-state index is 12.4. The van der Waals surface area contributed by atoms with Crippen LogP contribution in [0.1, 0.15) is 33.6 Å². The molecular weight excluding hydrogens is 258 g/mol. The van der Waals surface area contributed by atoms with Gasteiger partial charge >= 0.3 is 5.97 Å². The average Bonchev–Trinajstić information content (AvgIpc) is 3.01. The summed E-state index contributed by atoms with van der Waals surface area (Å²) in [6.07, 6.45) is 1.49. The lowest BCUT2D eigenvalue weighted by atomic mass is 10.00. The molecule has 5 heteroatoms. The highest BCUT2D eigenvalue weighted by molar-refractivity contribution is 5.97. The van der Waals surface area contributed by atoms with Crippen LogP contribution in [0.2, 0.25) is 0 Å². The molecule has 0 spiro atoms. The number of benzene rings is 1. The van der Waals surface area contributed by atoms with Crippen molar-refractivity contribution in [2.45, 2.75) is 18.9 Å². The monoisotopic (exact) mass is 275 g/mol. The summed E-state index contributed by atoms with van der Waals surface area (Å²) >= 11 is 0. The minimum Gasteiger partial charge on any atom is -0.478 e. The fourth-order valence-electron chi connectivity index (χ4n) is 3.37. The van der Waals surface area contributed by atoms with Crippen molar-refractivity contribution in [1.82, 2.24) is 4.90 Å². The van der Waals surface area contributed by atoms with Crippen LogP contribution >= 0.6 is 0 Å². The zero-order chi connectivity index (χ0) is 14.3. The van der Waals surface area contributed by atoms with Crippen LogP contribution in [0, 0.1) is 11.8 Å². The first-order valence-electron chi connectivity index (χ1n) is 6.87. The van der Waals surface area contributed by atoms with Crippen molar-refractivity contribution in [2.75, 3.05) is 13.1 Å². The quantitative estimate of drug-likeness (QED) is 0.851. The van der Waals surface area contributed by atoms with Crippen LogP contribution in [0.25, 0.3) is 0 Å². The van der Waals surface area contributed by atoms with Crippen molar-refractivity contribution < 1.29 is 19.8 Å². The van der Waals surface area contributed by atoms with Gasteiger partial charge in [-0.3, -0.25) is 4.79 Å². The van der Waals surface area contributed by atoms with Crippen LogP contribution in [-0.2, 0) is 0 Å². The number of amides is 1. The summed E-state index contributed by atoms with van der Waals surface area (Å²) in [4.78, 5) is 25.1. The van der Waals surface area contributed by atoms with Crippen molar-refractivity contribution in [2.24, 2.45) is 11.8 Å². The number of likely N-dealkylation sites (tertiary alicyclic amines) is 1. The number of nitrogens with zero attached hydrogens (tertiary/aromatic N) is 1. The maximum Gasteiger partial charge on any atom is 0.335 e. The molecule has 2 N–H and O–H groups in total. The molecule has 3 unspecified atom stereocenters. The van der Waals surface area contributed by atoms with E-state index in [4.69, 9.17) is 5.11 Å². The molecule has 3 atom stereocenters. The number of aliphatic hydroxyl groups is 1. The first kappa shape index (κ1) is 13.1. The molecule has 1 aliphatic carbocycles. The van der Waals surface area contributed by atoms with Crippen LogP contribution in [0.5, 0.6) is 0 Å². The minimum absolute atomic E-state index is 0.121. The van der Waals surface area contributed by atoms with E-state index >= 15 is 0 Å². The van der Waals surface area contributed by atoms with Crippen molar-refractivity contribution >= 4 is 11.9 Å². The largest absolute Gasteiger partial charge is 0.478 e. The highest BCUT2D eigenvalue weighted by Crippen LogP contribution is 2.38. The number of carboxylic acids is 1. The number of hydrogen-bond donors (Lipinski definition) is 2. The van der Waals surface area contributed by atoms with Gasteiger partial charge in [0.2, 0.25) is 0 Å². The van der Waals surface area contributed by atoms with Gasteiger partial charge in [0.15, 0.2) is 0 Å². The third kappa shape index (κ3) is 2.18. The normalized spacial score (nSPS) is 28.4. The highest BCUT2D eigenvalue weighted by atomic mass is 16.4. The van der Waals surface area contributed by atoms with E-state index in [1.54, 1.807) is 17.0 Å². The molecule has 2 fully saturated rings. The molecule has 1 saturated carbocycles. The van der Waals surface area contributed by atoms with Crippen LogP contribution in [0.3, 0.4) is 0 Å². The average molecular weight is 275 g/mol. The van der Waals surface area contributed by atoms with E-state index in [2.05, 4.69) is 0 Å². The van der Waals surface area contributed by atoms with Crippen LogP contribution in [0.15, 0.2) is 24.3 Å². The second-order valence-electron chi connectivity index (χ2n) is 5.66. The number of carboxylic acid groups (broad SMARTS) is 1. The van der Waals surface area contributed by atoms with Crippen LogP contribution in [0.4, 0.5) is 0 Å². The molecule has 1 heterocycles. The summed E-state index contributed by atoms with van der Waals surface area (Å²) in [7, 11) is 0. The molecule has 0 aromatic heterocycles. The minimum atomic E-state index is -1.03. The van der Waals surface area contributed by atoms with E-state index in [-0.39, 0.29) is 23.5 Å². The van der Waals surface area contributed by atoms with Gasteiger partial charge in [0.25, 0.3) is 5.91 Å². The van der Waals surface area contributed by atoms with Crippen molar-refractivity contribution in [1.29, 1.82) is 0 Å². The summed E-state index contributed by atoms with van der Waals surface area (Å²) in [6, 6.07) is 6.11. The molecule has 1 aromatic rings. The molecule has 1 amide bonds. The van der Waals surface area contributed by atoms with Crippen LogP contribution < -0.4 is 0 Å². The Labute approximate surface area is 116 Å². The summed E-state index contributed by atoms with van der Waals surface area (Å²) in [6.45, 7) is 1.24. The van der Waals surface area contributed by atoms with Gasteiger partial charge < -0.3 is 15.1 Å². The van der Waals surface area contributed by atoms with E-state index in [0.29, 0.717) is 24.6 Å². The predicted octanol–water partition coefficient (Wildman–Crippen LogP) is 1.23. The predicted molar refractivity (Wildman–Crippen MR) is 71.5 cm³/mol. The van der Waals surface area contributed by atoms with Crippen molar-refractivity contribution in [3.05, 3.63) is 35.4 Å². The fraction of sp³-hybridized carbons (Fsp3) is 0.467. The Morgan fingerprint density at radius 2 is 1.90 bits per heavy atom. The third-order valence-electron chi connectivity index (χ3n) is 4.46. The zero-order valence-corrected chi connectivity index (χ0v) is 11.0. The first-order chi connectivity index (χ1) is 9.56. The molecule has 5 nitrogen and oxygen atoms in total. The number of carbonyl (C=O) groups is 2. The van der Waals surface area contributed by atoms with E-state index in [9.17, 15) is 14.7 Å². The number of fused-ring (bicyclic) bond motifs is 1. The second-order valence-corrected chi connectivity index (χ2v) is 5.66. The number of carbonyl (C=O) groups excluding carboxylic acids is 1. The number of rotatable bonds is 2. The lowest BCUT2D eigenvalue weighted by Gasteiger charge is -2.18. The number of hydrogen-bond acceptors (Lipinski definition) is 3. The number of aliphatic hydroxyl groups excluding tert-OH is 1. The Hall–Kier alpha value is -1.88. The van der Waals surface area contributed by atoms with Gasteiger partial charge in [0.05, 0.1) is 11.7 Å². The molecule has 1 aromatic carbocycles. The second kappa shape index (κ2) is 4.90. The standard InChI is InChI=1S/C15H17NO4/c17-13-5-4-11-7-16(8-12(11)13)14(18)9-2-1-3-10(6-9)15(19)20/h1-3,6,11-13,17H,4-5,7-8H2,(H,19,20). The molecule has 106 valence electrons. The lowest BCUT2D eigenvalue weighted by Crippen LogP contribution is -2.31. The van der Waals surface area contributed by atoms with Gasteiger partial charge in [-0.05, 0) is 37.0 Å². The van der Waals surface area contributed by atoms with Gasteiger partial charge in [-0.25, -0.2) is 4.79 Å². The van der Waals surface area contributed by atoms with Gasteiger partial charge in [0, 0.05) is 24.6 Å². The first-order valence-corrected chi connectivity index (χ1v) is 6.87. The smallest absolute Gasteiger partial charge is 0.335 e. The van der Waals surface area contributed by atoms with Crippen molar-refractivity contribution in [3.8, 4) is 0 Å². The summed E-state index contributed by atoms with van der Waals surface area (Å²) in [5, 5.41) is 18.8. The molecule has 3 rings (SSSR count). The molecule has 2 aliphatic rings. The molecule has 20 heavy (non-hydrogen) atoms. The molecule has 1 aliphatic heterocycles. The summed E-state index contributed by atoms with van der Waals surface area (Å²) in [5.74, 6) is -0.610. The topological polar surface area (TPSA) is 77.8 Å². The Morgan fingerprint density at radius 3 is 2.60 bits per heavy atom. The van der Waals surface area contributed by atoms with E-state index < -0.39 is 5.97 Å². The molecule has 0 bridgehead atoms. The van der Waals surface area contributed by atoms with Gasteiger partial charge in [-0.1, -0.05) is 6.07 Å². The van der Waals surface area contributed by atoms with Gasteiger partial charge in [-0.2, -0.15) is 0 Å². The van der Waals surface area contributed by atoms with E-state index in [1.807, 2.05) is 0 Å². The fourth-order valence-corrected chi connectivity index (χ4v) is 3.37. The van der Waals surface area contributed by atoms with Gasteiger partial charge in [0.1, 0.15) is 0 Å². The Kier molecular flexibility index (Phi) is 3.22. The number of aromatic carboxylic acids is 1. The molecule has 0 radical (unpaired) electrons. The molecular formula is C15H17NO4. The van der Waals surface area contributed by atoms with Gasteiger partial charge in [-0.15, -0.1) is 0 Å².